The first-order valence-corrected chi connectivity index (χ1v) is 5.88. The van der Waals surface area contributed by atoms with E-state index in [0.29, 0.717) is 19.7 Å². The van der Waals surface area contributed by atoms with Gasteiger partial charge in [-0.3, -0.25) is 9.59 Å². The lowest BCUT2D eigenvalue weighted by Crippen LogP contribution is -2.41. The van der Waals surface area contributed by atoms with Gasteiger partial charge in [0.05, 0.1) is 6.61 Å². The van der Waals surface area contributed by atoms with Crippen molar-refractivity contribution >= 4 is 17.5 Å². The van der Waals surface area contributed by atoms with Crippen LogP contribution in [0.3, 0.4) is 0 Å². The number of anilines is 1. The number of hydrogen-bond donors (Lipinski definition) is 1. The third-order valence-corrected chi connectivity index (χ3v) is 2.78. The van der Waals surface area contributed by atoms with Gasteiger partial charge >= 0.3 is 0 Å². The number of nitrogens with one attached hydrogen (secondary N) is 1. The Morgan fingerprint density at radius 2 is 2.11 bits per heavy atom. The van der Waals surface area contributed by atoms with Crippen molar-refractivity contribution in [3.05, 3.63) is 29.8 Å². The Bertz CT molecular complexity index is 442. The van der Waals surface area contributed by atoms with Crippen LogP contribution in [0.5, 0.6) is 0 Å². The van der Waals surface area contributed by atoms with E-state index in [0.717, 1.165) is 11.3 Å². The van der Waals surface area contributed by atoms with Gasteiger partial charge in [-0.25, -0.2) is 0 Å². The van der Waals surface area contributed by atoms with Crippen LogP contribution in [0, 0.1) is 0 Å². The van der Waals surface area contributed by atoms with Crippen molar-refractivity contribution in [3.63, 3.8) is 0 Å². The van der Waals surface area contributed by atoms with E-state index in [9.17, 15) is 9.59 Å². The lowest BCUT2D eigenvalue weighted by Gasteiger charge is -2.26. The molecule has 1 aromatic carbocycles. The van der Waals surface area contributed by atoms with Crippen LogP contribution in [0.15, 0.2) is 24.3 Å². The zero-order valence-electron chi connectivity index (χ0n) is 10.3. The summed E-state index contributed by atoms with van der Waals surface area (Å²) in [4.78, 5) is 24.1. The molecule has 96 valence electrons. The number of carbonyl (C=O) groups is 2. The maximum Gasteiger partial charge on any atom is 0.253 e. The molecule has 0 bridgehead atoms. The van der Waals surface area contributed by atoms with Gasteiger partial charge in [0.2, 0.25) is 5.91 Å². The quantitative estimate of drug-likeness (QED) is 0.856. The molecule has 1 aliphatic heterocycles. The number of benzene rings is 1. The maximum absolute atomic E-state index is 11.6. The second-order valence-electron chi connectivity index (χ2n) is 4.17. The standard InChI is InChI=1S/C13H16N2O3/c1-10(16)14-8-11-2-4-12(5-3-11)15-6-7-18-9-13(15)17/h2-5H,6-9H2,1H3,(H,14,16). The smallest absolute Gasteiger partial charge is 0.253 e. The molecule has 0 spiro atoms. The first-order valence-electron chi connectivity index (χ1n) is 5.88. The number of carbonyl (C=O) groups excluding carboxylic acids is 2. The fourth-order valence-corrected chi connectivity index (χ4v) is 1.81. The highest BCUT2D eigenvalue weighted by Gasteiger charge is 2.19. The summed E-state index contributed by atoms with van der Waals surface area (Å²) in [7, 11) is 0. The Morgan fingerprint density at radius 3 is 2.72 bits per heavy atom. The summed E-state index contributed by atoms with van der Waals surface area (Å²) in [6, 6.07) is 7.60. The molecule has 0 radical (unpaired) electrons. The Kier molecular flexibility index (Phi) is 3.94. The zero-order chi connectivity index (χ0) is 13.0. The largest absolute Gasteiger partial charge is 0.370 e. The minimum atomic E-state index is -0.0533. The lowest BCUT2D eigenvalue weighted by atomic mass is 10.2. The van der Waals surface area contributed by atoms with E-state index in [1.807, 2.05) is 24.3 Å². The molecule has 1 aliphatic rings. The van der Waals surface area contributed by atoms with Gasteiger partial charge < -0.3 is 15.0 Å². The van der Waals surface area contributed by atoms with Crippen LogP contribution in [0.1, 0.15) is 12.5 Å². The van der Waals surface area contributed by atoms with Crippen molar-refractivity contribution in [2.24, 2.45) is 0 Å². The Balaban J connectivity index is 2.02. The van der Waals surface area contributed by atoms with Gasteiger partial charge in [0.25, 0.3) is 5.91 Å². The van der Waals surface area contributed by atoms with Crippen molar-refractivity contribution in [2.45, 2.75) is 13.5 Å². The summed E-state index contributed by atoms with van der Waals surface area (Å²) in [5, 5.41) is 2.73. The monoisotopic (exact) mass is 248 g/mol. The Morgan fingerprint density at radius 1 is 1.39 bits per heavy atom. The highest BCUT2D eigenvalue weighted by atomic mass is 16.5. The molecule has 0 unspecified atom stereocenters. The van der Waals surface area contributed by atoms with Crippen molar-refractivity contribution in [1.29, 1.82) is 0 Å². The predicted molar refractivity (Wildman–Crippen MR) is 67.1 cm³/mol. The molecule has 0 aromatic heterocycles. The molecule has 0 aliphatic carbocycles. The third-order valence-electron chi connectivity index (χ3n) is 2.78. The molecule has 2 amide bonds. The Hall–Kier alpha value is -1.88. The van der Waals surface area contributed by atoms with Crippen LogP contribution in [0.25, 0.3) is 0 Å². The molecule has 18 heavy (non-hydrogen) atoms. The molecular formula is C13H16N2O3. The minimum absolute atomic E-state index is 0.0177. The van der Waals surface area contributed by atoms with E-state index in [1.165, 1.54) is 6.92 Å². The summed E-state index contributed by atoms with van der Waals surface area (Å²) in [5.41, 5.74) is 1.88. The second-order valence-corrected chi connectivity index (χ2v) is 4.17. The van der Waals surface area contributed by atoms with Gasteiger partial charge in [0.1, 0.15) is 6.61 Å². The average Bonchev–Trinajstić information content (AvgIpc) is 2.38. The normalized spacial score (nSPS) is 15.6. The maximum atomic E-state index is 11.6. The van der Waals surface area contributed by atoms with Gasteiger partial charge in [-0.2, -0.15) is 0 Å². The molecule has 2 rings (SSSR count). The SMILES string of the molecule is CC(=O)NCc1ccc(N2CCOCC2=O)cc1. The first kappa shape index (κ1) is 12.6. The average molecular weight is 248 g/mol. The Labute approximate surface area is 106 Å². The topological polar surface area (TPSA) is 58.6 Å². The number of hydrogen-bond acceptors (Lipinski definition) is 3. The van der Waals surface area contributed by atoms with Crippen molar-refractivity contribution in [1.82, 2.24) is 5.32 Å². The van der Waals surface area contributed by atoms with Crippen molar-refractivity contribution in [2.75, 3.05) is 24.7 Å². The molecule has 5 nitrogen and oxygen atoms in total. The molecule has 1 saturated heterocycles. The van der Waals surface area contributed by atoms with E-state index < -0.39 is 0 Å². The first-order chi connectivity index (χ1) is 8.66. The van der Waals surface area contributed by atoms with Crippen LogP contribution in [0.4, 0.5) is 5.69 Å². The highest BCUT2D eigenvalue weighted by Crippen LogP contribution is 2.17. The van der Waals surface area contributed by atoms with E-state index in [4.69, 9.17) is 4.74 Å². The van der Waals surface area contributed by atoms with Gasteiger partial charge in [0, 0.05) is 25.7 Å². The van der Waals surface area contributed by atoms with E-state index in [-0.39, 0.29) is 18.4 Å². The molecule has 1 aromatic rings. The number of amides is 2. The number of rotatable bonds is 3. The molecular weight excluding hydrogens is 232 g/mol. The van der Waals surface area contributed by atoms with E-state index >= 15 is 0 Å². The summed E-state index contributed by atoms with van der Waals surface area (Å²) in [6.45, 7) is 3.30. The zero-order valence-corrected chi connectivity index (χ0v) is 10.3. The summed E-state index contributed by atoms with van der Waals surface area (Å²) < 4.78 is 5.08. The second kappa shape index (κ2) is 5.64. The molecule has 0 saturated carbocycles. The van der Waals surface area contributed by atoms with Gasteiger partial charge in [-0.05, 0) is 17.7 Å². The van der Waals surface area contributed by atoms with Crippen LogP contribution in [0.2, 0.25) is 0 Å². The van der Waals surface area contributed by atoms with Crippen molar-refractivity contribution in [3.8, 4) is 0 Å². The fourth-order valence-electron chi connectivity index (χ4n) is 1.81. The van der Waals surface area contributed by atoms with Gasteiger partial charge in [-0.15, -0.1) is 0 Å². The van der Waals surface area contributed by atoms with E-state index in [1.54, 1.807) is 4.90 Å². The van der Waals surface area contributed by atoms with Crippen LogP contribution < -0.4 is 10.2 Å². The van der Waals surface area contributed by atoms with E-state index in [2.05, 4.69) is 5.32 Å². The van der Waals surface area contributed by atoms with Gasteiger partial charge in [0.15, 0.2) is 0 Å². The van der Waals surface area contributed by atoms with Crippen molar-refractivity contribution < 1.29 is 14.3 Å². The third kappa shape index (κ3) is 3.07. The molecule has 5 heteroatoms. The van der Waals surface area contributed by atoms with Gasteiger partial charge in [-0.1, -0.05) is 12.1 Å². The predicted octanol–water partition coefficient (Wildman–Crippen LogP) is 0.686. The number of morpholine rings is 1. The summed E-state index contributed by atoms with van der Waals surface area (Å²) in [6.07, 6.45) is 0. The summed E-state index contributed by atoms with van der Waals surface area (Å²) in [5.74, 6) is -0.0710. The number of ether oxygens (including phenoxy) is 1. The lowest BCUT2D eigenvalue weighted by molar-refractivity contribution is -0.125. The number of nitrogens with zero attached hydrogens (tertiary/aromatic N) is 1. The van der Waals surface area contributed by atoms with Crippen LogP contribution in [-0.4, -0.2) is 31.6 Å². The molecule has 1 fully saturated rings. The molecule has 1 N–H and O–H groups in total. The molecule has 1 heterocycles. The molecule has 0 atom stereocenters. The fraction of sp³-hybridized carbons (Fsp3) is 0.385. The highest BCUT2D eigenvalue weighted by molar-refractivity contribution is 5.94. The minimum Gasteiger partial charge on any atom is -0.370 e. The van der Waals surface area contributed by atoms with Crippen LogP contribution in [-0.2, 0) is 20.9 Å². The van der Waals surface area contributed by atoms with Crippen LogP contribution >= 0.6 is 0 Å². The summed E-state index contributed by atoms with van der Waals surface area (Å²) >= 11 is 0.